The molecule has 37 heavy (non-hydrogen) atoms. The predicted molar refractivity (Wildman–Crippen MR) is 143 cm³/mol. The van der Waals surface area contributed by atoms with Gasteiger partial charge in [-0.15, -0.1) is 0 Å². The molecule has 0 fully saturated rings. The monoisotopic (exact) mass is 534 g/mol. The van der Waals surface area contributed by atoms with Crippen molar-refractivity contribution in [1.29, 1.82) is 0 Å². The molecule has 4 aromatic rings. The van der Waals surface area contributed by atoms with Gasteiger partial charge in [0.25, 0.3) is 5.91 Å². The quantitative estimate of drug-likeness (QED) is 0.167. The zero-order valence-electron chi connectivity index (χ0n) is 19.8. The summed E-state index contributed by atoms with van der Waals surface area (Å²) in [6, 6.07) is 26.7. The maximum atomic E-state index is 12.4. The van der Waals surface area contributed by atoms with Crippen molar-refractivity contribution < 1.29 is 22.1 Å². The Labute approximate surface area is 220 Å². The van der Waals surface area contributed by atoms with E-state index in [9.17, 15) is 13.2 Å². The fraction of sp³-hybridized carbons (Fsp3) is 0.0714. The number of nitrogens with zero attached hydrogens (tertiary/aromatic N) is 1. The first-order valence-corrected chi connectivity index (χ1v) is 13.0. The van der Waals surface area contributed by atoms with E-state index in [1.165, 1.54) is 30.5 Å². The average molecular weight is 535 g/mol. The Morgan fingerprint density at radius 2 is 1.49 bits per heavy atom. The molecule has 0 heterocycles. The SMILES string of the molecule is Cc1ccc(S(=O)(=O)Oc2ccc(/C=N\NC(=O)c3ccc(OCc4ccc(Cl)cc4)cc3)cc2)cc1. The Morgan fingerprint density at radius 3 is 2.14 bits per heavy atom. The fourth-order valence-corrected chi connectivity index (χ4v) is 4.23. The topological polar surface area (TPSA) is 94.1 Å². The number of ether oxygens (including phenoxy) is 1. The van der Waals surface area contributed by atoms with Gasteiger partial charge in [-0.2, -0.15) is 13.5 Å². The van der Waals surface area contributed by atoms with Crippen LogP contribution in [0.15, 0.2) is 107 Å². The Morgan fingerprint density at radius 1 is 0.865 bits per heavy atom. The fourth-order valence-electron chi connectivity index (χ4n) is 3.17. The summed E-state index contributed by atoms with van der Waals surface area (Å²) < 4.78 is 35.7. The number of nitrogens with one attached hydrogen (secondary N) is 1. The highest BCUT2D eigenvalue weighted by Gasteiger charge is 2.16. The average Bonchev–Trinajstić information content (AvgIpc) is 2.90. The Balaban J connectivity index is 1.28. The molecule has 4 aromatic carbocycles. The maximum Gasteiger partial charge on any atom is 0.339 e. The molecule has 1 amide bonds. The van der Waals surface area contributed by atoms with Gasteiger partial charge in [0, 0.05) is 10.6 Å². The third-order valence-electron chi connectivity index (χ3n) is 5.21. The zero-order chi connectivity index (χ0) is 26.3. The van der Waals surface area contributed by atoms with Crippen molar-refractivity contribution >= 4 is 33.8 Å². The van der Waals surface area contributed by atoms with E-state index < -0.39 is 10.1 Å². The molecule has 0 bridgehead atoms. The van der Waals surface area contributed by atoms with E-state index >= 15 is 0 Å². The molecule has 0 unspecified atom stereocenters. The highest BCUT2D eigenvalue weighted by molar-refractivity contribution is 7.87. The number of amides is 1. The normalized spacial score (nSPS) is 11.3. The molecule has 188 valence electrons. The minimum absolute atomic E-state index is 0.0765. The lowest BCUT2D eigenvalue weighted by Crippen LogP contribution is -2.17. The van der Waals surface area contributed by atoms with Crippen LogP contribution in [0.3, 0.4) is 0 Å². The van der Waals surface area contributed by atoms with Crippen molar-refractivity contribution in [2.75, 3.05) is 0 Å². The van der Waals surface area contributed by atoms with Crippen molar-refractivity contribution in [1.82, 2.24) is 5.43 Å². The summed E-state index contributed by atoms with van der Waals surface area (Å²) in [5.74, 6) is 0.409. The molecule has 0 aromatic heterocycles. The number of rotatable bonds is 9. The Kier molecular flexibility index (Phi) is 8.22. The van der Waals surface area contributed by atoms with E-state index in [4.69, 9.17) is 20.5 Å². The molecule has 0 atom stereocenters. The lowest BCUT2D eigenvalue weighted by molar-refractivity contribution is 0.0955. The molecule has 0 aliphatic heterocycles. The number of hydrazone groups is 1. The van der Waals surface area contributed by atoms with Gasteiger partial charge in [-0.1, -0.05) is 41.4 Å². The number of hydrogen-bond acceptors (Lipinski definition) is 6. The van der Waals surface area contributed by atoms with Gasteiger partial charge in [0.15, 0.2) is 0 Å². The number of aryl methyl sites for hydroxylation is 1. The van der Waals surface area contributed by atoms with Crippen LogP contribution in [0.25, 0.3) is 0 Å². The second-order valence-electron chi connectivity index (χ2n) is 8.06. The molecule has 0 saturated heterocycles. The van der Waals surface area contributed by atoms with E-state index in [1.807, 2.05) is 19.1 Å². The van der Waals surface area contributed by atoms with E-state index in [2.05, 4.69) is 10.5 Å². The Hall–Kier alpha value is -4.14. The third kappa shape index (κ3) is 7.42. The molecule has 4 rings (SSSR count). The first kappa shape index (κ1) is 25.9. The number of hydrogen-bond donors (Lipinski definition) is 1. The van der Waals surface area contributed by atoms with Gasteiger partial charge in [0.1, 0.15) is 23.0 Å². The molecule has 0 spiro atoms. The largest absolute Gasteiger partial charge is 0.489 e. The summed E-state index contributed by atoms with van der Waals surface area (Å²) in [6.07, 6.45) is 1.44. The molecule has 1 N–H and O–H groups in total. The minimum atomic E-state index is -3.93. The van der Waals surface area contributed by atoms with Crippen molar-refractivity contribution in [2.24, 2.45) is 5.10 Å². The van der Waals surface area contributed by atoms with E-state index in [0.717, 1.165) is 11.1 Å². The zero-order valence-corrected chi connectivity index (χ0v) is 21.4. The van der Waals surface area contributed by atoms with Crippen LogP contribution >= 0.6 is 11.6 Å². The molecule has 0 saturated carbocycles. The highest BCUT2D eigenvalue weighted by Crippen LogP contribution is 2.19. The van der Waals surface area contributed by atoms with E-state index in [0.29, 0.717) is 28.5 Å². The van der Waals surface area contributed by atoms with Gasteiger partial charge in [-0.3, -0.25) is 4.79 Å². The summed E-state index contributed by atoms with van der Waals surface area (Å²) in [4.78, 5) is 12.4. The van der Waals surface area contributed by atoms with Crippen molar-refractivity contribution in [3.63, 3.8) is 0 Å². The summed E-state index contributed by atoms with van der Waals surface area (Å²) in [5.41, 5.74) is 5.45. The standard InChI is InChI=1S/C28H23ClN2O5S/c1-20-2-16-27(17-3-20)37(33,34)36-26-12-6-21(7-13-26)18-30-31-28(32)23-8-14-25(15-9-23)35-19-22-4-10-24(29)11-5-22/h2-18H,19H2,1H3,(H,31,32)/b30-18-. The number of carbonyl (C=O) groups is 1. The lowest BCUT2D eigenvalue weighted by Gasteiger charge is -2.07. The number of halogens is 1. The summed E-state index contributed by atoms with van der Waals surface area (Å²) >= 11 is 5.88. The van der Waals surface area contributed by atoms with Crippen molar-refractivity contribution in [3.8, 4) is 11.5 Å². The van der Waals surface area contributed by atoms with Crippen LogP contribution in [0.2, 0.25) is 5.02 Å². The van der Waals surface area contributed by atoms with Gasteiger partial charge in [-0.25, -0.2) is 5.43 Å². The Bertz CT molecular complexity index is 1480. The van der Waals surface area contributed by atoms with Crippen LogP contribution in [-0.2, 0) is 16.7 Å². The first-order chi connectivity index (χ1) is 17.8. The summed E-state index contributed by atoms with van der Waals surface area (Å²) in [6.45, 7) is 2.25. The molecule has 0 aliphatic carbocycles. The van der Waals surface area contributed by atoms with Crippen molar-refractivity contribution in [2.45, 2.75) is 18.4 Å². The summed E-state index contributed by atoms with van der Waals surface area (Å²) in [7, 11) is -3.93. The van der Waals surface area contributed by atoms with Gasteiger partial charge >= 0.3 is 10.1 Å². The number of carbonyl (C=O) groups excluding carboxylic acids is 1. The van der Waals surface area contributed by atoms with Gasteiger partial charge < -0.3 is 8.92 Å². The molecule has 9 heteroatoms. The maximum absolute atomic E-state index is 12.4. The van der Waals surface area contributed by atoms with Gasteiger partial charge in [-0.05, 0) is 90.8 Å². The molecular weight excluding hydrogens is 512 g/mol. The second kappa shape index (κ2) is 11.7. The molecule has 0 aliphatic rings. The van der Waals surface area contributed by atoms with Gasteiger partial charge in [0.2, 0.25) is 0 Å². The second-order valence-corrected chi connectivity index (χ2v) is 10.0. The van der Waals surface area contributed by atoms with Crippen LogP contribution in [0, 0.1) is 6.92 Å². The molecule has 7 nitrogen and oxygen atoms in total. The van der Waals surface area contributed by atoms with Crippen LogP contribution in [-0.4, -0.2) is 20.5 Å². The van der Waals surface area contributed by atoms with Crippen LogP contribution in [0.4, 0.5) is 0 Å². The molecule has 0 radical (unpaired) electrons. The molecular formula is C28H23ClN2O5S. The predicted octanol–water partition coefficient (Wildman–Crippen LogP) is 5.76. The van der Waals surface area contributed by atoms with Crippen LogP contribution < -0.4 is 14.3 Å². The highest BCUT2D eigenvalue weighted by atomic mass is 35.5. The van der Waals surface area contributed by atoms with Crippen molar-refractivity contribution in [3.05, 3.63) is 124 Å². The first-order valence-electron chi connectivity index (χ1n) is 11.2. The minimum Gasteiger partial charge on any atom is -0.489 e. The third-order valence-corrected chi connectivity index (χ3v) is 6.72. The lowest BCUT2D eigenvalue weighted by atomic mass is 10.2. The van der Waals surface area contributed by atoms with Gasteiger partial charge in [0.05, 0.1) is 6.21 Å². The number of benzene rings is 4. The van der Waals surface area contributed by atoms with Crippen LogP contribution in [0.5, 0.6) is 11.5 Å². The van der Waals surface area contributed by atoms with Crippen LogP contribution in [0.1, 0.15) is 27.0 Å². The van der Waals surface area contributed by atoms with E-state index in [-0.39, 0.29) is 16.6 Å². The summed E-state index contributed by atoms with van der Waals surface area (Å²) in [5, 5.41) is 4.62. The smallest absolute Gasteiger partial charge is 0.339 e. The van der Waals surface area contributed by atoms with E-state index in [1.54, 1.807) is 60.7 Å².